The fourth-order valence-corrected chi connectivity index (χ4v) is 1.47. The van der Waals surface area contributed by atoms with E-state index < -0.39 is 5.91 Å². The van der Waals surface area contributed by atoms with Crippen molar-refractivity contribution in [2.45, 2.75) is 6.61 Å². The van der Waals surface area contributed by atoms with Gasteiger partial charge in [0.15, 0.2) is 0 Å². The molecule has 0 atom stereocenters. The Bertz CT molecular complexity index is 617. The summed E-state index contributed by atoms with van der Waals surface area (Å²) in [7, 11) is 0. The molecule has 4 N–H and O–H groups in total. The average Bonchev–Trinajstić information content (AvgIpc) is 2.39. The summed E-state index contributed by atoms with van der Waals surface area (Å²) in [6.07, 6.45) is 0. The second-order valence-electron chi connectivity index (χ2n) is 3.84. The summed E-state index contributed by atoms with van der Waals surface area (Å²) in [5.41, 5.74) is 11.4. The highest BCUT2D eigenvalue weighted by molar-refractivity contribution is 5.91. The lowest BCUT2D eigenvalue weighted by molar-refractivity contribution is 0.0994. The smallest absolute Gasteiger partial charge is 0.267 e. The van der Waals surface area contributed by atoms with Crippen molar-refractivity contribution in [3.05, 3.63) is 53.5 Å². The molecular weight excluding hydrogens is 249 g/mol. The third-order valence-corrected chi connectivity index (χ3v) is 2.46. The number of hydrogen-bond acceptors (Lipinski definition) is 4. The maximum absolute atomic E-state index is 13.4. The molecule has 0 saturated carbocycles. The monoisotopic (exact) mass is 261 g/mol. The van der Waals surface area contributed by atoms with Gasteiger partial charge in [0.05, 0.1) is 5.69 Å². The molecule has 0 bridgehead atoms. The van der Waals surface area contributed by atoms with Crippen LogP contribution in [0.25, 0.3) is 0 Å². The largest absolute Gasteiger partial charge is 0.471 e. The lowest BCUT2D eigenvalue weighted by Crippen LogP contribution is -2.14. The van der Waals surface area contributed by atoms with Gasteiger partial charge in [-0.1, -0.05) is 18.2 Å². The number of nitrogens with zero attached hydrogens (tertiary/aromatic N) is 1. The molecule has 1 aromatic carbocycles. The van der Waals surface area contributed by atoms with E-state index in [0.717, 1.165) is 0 Å². The van der Waals surface area contributed by atoms with Crippen LogP contribution in [0.4, 0.5) is 10.1 Å². The minimum absolute atomic E-state index is 0.0356. The maximum Gasteiger partial charge on any atom is 0.267 e. The summed E-state index contributed by atoms with van der Waals surface area (Å²) in [4.78, 5) is 14.9. The molecule has 0 spiro atoms. The Morgan fingerprint density at radius 2 is 2.00 bits per heavy atom. The number of anilines is 1. The summed E-state index contributed by atoms with van der Waals surface area (Å²) in [6, 6.07) is 9.05. The summed E-state index contributed by atoms with van der Waals surface area (Å²) in [6.45, 7) is -0.0356. The van der Waals surface area contributed by atoms with Gasteiger partial charge in [-0.05, 0) is 18.2 Å². The van der Waals surface area contributed by atoms with Crippen molar-refractivity contribution in [1.29, 1.82) is 0 Å². The lowest BCUT2D eigenvalue weighted by Gasteiger charge is -2.09. The van der Waals surface area contributed by atoms with E-state index in [1.165, 1.54) is 18.2 Å². The third-order valence-electron chi connectivity index (χ3n) is 2.46. The number of pyridine rings is 1. The number of nitrogen functional groups attached to an aromatic ring is 1. The molecule has 2 rings (SSSR count). The highest BCUT2D eigenvalue weighted by atomic mass is 19.1. The van der Waals surface area contributed by atoms with Crippen LogP contribution in [0.3, 0.4) is 0 Å². The van der Waals surface area contributed by atoms with Crippen molar-refractivity contribution in [3.8, 4) is 5.88 Å². The number of hydrogen-bond donors (Lipinski definition) is 2. The Labute approximate surface area is 109 Å². The van der Waals surface area contributed by atoms with E-state index in [1.807, 2.05) is 0 Å². The van der Waals surface area contributed by atoms with Crippen LogP contribution in [-0.2, 0) is 6.61 Å². The van der Waals surface area contributed by atoms with Crippen molar-refractivity contribution >= 4 is 11.6 Å². The quantitative estimate of drug-likeness (QED) is 0.872. The van der Waals surface area contributed by atoms with Crippen LogP contribution in [0.5, 0.6) is 5.88 Å². The molecule has 0 radical (unpaired) electrons. The second-order valence-corrected chi connectivity index (χ2v) is 3.84. The number of primary amides is 1. The topological polar surface area (TPSA) is 91.2 Å². The van der Waals surface area contributed by atoms with Crippen molar-refractivity contribution in [2.75, 3.05) is 5.73 Å². The van der Waals surface area contributed by atoms with E-state index in [-0.39, 0.29) is 29.7 Å². The van der Waals surface area contributed by atoms with Crippen molar-refractivity contribution in [1.82, 2.24) is 4.98 Å². The molecule has 0 unspecified atom stereocenters. The molecule has 0 saturated heterocycles. The summed E-state index contributed by atoms with van der Waals surface area (Å²) in [5.74, 6) is -1.01. The molecule has 1 aromatic heterocycles. The van der Waals surface area contributed by atoms with Gasteiger partial charge >= 0.3 is 0 Å². The van der Waals surface area contributed by atoms with Gasteiger partial charge in [-0.3, -0.25) is 4.79 Å². The number of amides is 1. The fourth-order valence-electron chi connectivity index (χ4n) is 1.47. The number of nitrogens with two attached hydrogens (primary N) is 2. The summed E-state index contributed by atoms with van der Waals surface area (Å²) in [5, 5.41) is 0. The normalized spacial score (nSPS) is 10.2. The van der Waals surface area contributed by atoms with Gasteiger partial charge < -0.3 is 16.2 Å². The molecule has 1 amide bonds. The van der Waals surface area contributed by atoms with E-state index in [4.69, 9.17) is 16.2 Å². The van der Waals surface area contributed by atoms with Gasteiger partial charge in [-0.25, -0.2) is 9.37 Å². The van der Waals surface area contributed by atoms with Gasteiger partial charge in [0, 0.05) is 5.56 Å². The van der Waals surface area contributed by atoms with E-state index in [1.54, 1.807) is 18.2 Å². The van der Waals surface area contributed by atoms with E-state index in [2.05, 4.69) is 4.98 Å². The standard InChI is InChI=1S/C13H12FN3O2/c14-9-4-2-1-3-8(9)7-19-13-10(15)5-6-11(17-13)12(16)18/h1-6H,7,15H2,(H2,16,18). The molecule has 5 nitrogen and oxygen atoms in total. The first-order valence-electron chi connectivity index (χ1n) is 5.50. The van der Waals surface area contributed by atoms with Crippen LogP contribution < -0.4 is 16.2 Å². The number of benzene rings is 1. The minimum atomic E-state index is -0.684. The lowest BCUT2D eigenvalue weighted by atomic mass is 10.2. The minimum Gasteiger partial charge on any atom is -0.471 e. The first-order valence-corrected chi connectivity index (χ1v) is 5.50. The molecule has 0 aliphatic heterocycles. The Morgan fingerprint density at radius 3 is 2.68 bits per heavy atom. The van der Waals surface area contributed by atoms with Gasteiger partial charge in [-0.2, -0.15) is 0 Å². The van der Waals surface area contributed by atoms with Gasteiger partial charge in [0.25, 0.3) is 5.91 Å². The fraction of sp³-hybridized carbons (Fsp3) is 0.0769. The first kappa shape index (κ1) is 12.8. The van der Waals surface area contributed by atoms with Gasteiger partial charge in [-0.15, -0.1) is 0 Å². The van der Waals surface area contributed by atoms with Crippen molar-refractivity contribution < 1.29 is 13.9 Å². The summed E-state index contributed by atoms with van der Waals surface area (Å²) >= 11 is 0. The molecule has 1 heterocycles. The molecule has 19 heavy (non-hydrogen) atoms. The molecule has 2 aromatic rings. The molecule has 0 aliphatic carbocycles. The first-order chi connectivity index (χ1) is 9.08. The number of rotatable bonds is 4. The Hall–Kier alpha value is -2.63. The SMILES string of the molecule is NC(=O)c1ccc(N)c(OCc2ccccc2F)n1. The molecule has 98 valence electrons. The average molecular weight is 261 g/mol. The van der Waals surface area contributed by atoms with Crippen LogP contribution >= 0.6 is 0 Å². The number of halogens is 1. The predicted octanol–water partition coefficient (Wildman–Crippen LogP) is 1.48. The molecule has 0 aliphatic rings. The van der Waals surface area contributed by atoms with Gasteiger partial charge in [0.2, 0.25) is 5.88 Å². The number of carbonyl (C=O) groups is 1. The highest BCUT2D eigenvalue weighted by Crippen LogP contribution is 2.20. The van der Waals surface area contributed by atoms with E-state index in [9.17, 15) is 9.18 Å². The number of ether oxygens (including phenoxy) is 1. The van der Waals surface area contributed by atoms with Crippen LogP contribution in [0, 0.1) is 5.82 Å². The van der Waals surface area contributed by atoms with Crippen LogP contribution in [0.1, 0.15) is 16.1 Å². The van der Waals surface area contributed by atoms with Crippen LogP contribution in [0.2, 0.25) is 0 Å². The Balaban J connectivity index is 2.17. The maximum atomic E-state index is 13.4. The number of aromatic nitrogens is 1. The molecule has 6 heteroatoms. The zero-order chi connectivity index (χ0) is 13.8. The van der Waals surface area contributed by atoms with Gasteiger partial charge in [0.1, 0.15) is 18.1 Å². The van der Waals surface area contributed by atoms with E-state index >= 15 is 0 Å². The zero-order valence-electron chi connectivity index (χ0n) is 9.97. The molecular formula is C13H12FN3O2. The van der Waals surface area contributed by atoms with Crippen molar-refractivity contribution in [3.63, 3.8) is 0 Å². The van der Waals surface area contributed by atoms with Crippen LogP contribution in [0.15, 0.2) is 36.4 Å². The van der Waals surface area contributed by atoms with E-state index in [0.29, 0.717) is 5.56 Å². The highest BCUT2D eigenvalue weighted by Gasteiger charge is 2.09. The van der Waals surface area contributed by atoms with Crippen molar-refractivity contribution in [2.24, 2.45) is 5.73 Å². The van der Waals surface area contributed by atoms with Crippen LogP contribution in [-0.4, -0.2) is 10.9 Å². The molecule has 0 fully saturated rings. The third kappa shape index (κ3) is 2.98. The number of carbonyl (C=O) groups excluding carboxylic acids is 1. The summed E-state index contributed by atoms with van der Waals surface area (Å²) < 4.78 is 18.7. The zero-order valence-corrected chi connectivity index (χ0v) is 9.97. The Morgan fingerprint density at radius 1 is 1.26 bits per heavy atom. The second kappa shape index (κ2) is 5.34. The predicted molar refractivity (Wildman–Crippen MR) is 67.9 cm³/mol. The Kier molecular flexibility index (Phi) is 3.61.